The second kappa shape index (κ2) is 7.27. The van der Waals surface area contributed by atoms with E-state index in [1.807, 2.05) is 84.9 Å². The van der Waals surface area contributed by atoms with Gasteiger partial charge in [-0.1, -0.05) is 48.5 Å². The Hall–Kier alpha value is -3.07. The Bertz CT molecular complexity index is 766. The Morgan fingerprint density at radius 3 is 2.00 bits per heavy atom. The highest BCUT2D eigenvalue weighted by molar-refractivity contribution is 6.09. The summed E-state index contributed by atoms with van der Waals surface area (Å²) in [4.78, 5) is 4.75. The van der Waals surface area contributed by atoms with E-state index in [-0.39, 0.29) is 0 Å². The molecule has 0 radical (unpaired) electrons. The molecule has 0 unspecified atom stereocenters. The highest BCUT2D eigenvalue weighted by atomic mass is 16.5. The Balaban J connectivity index is 1.95. The lowest BCUT2D eigenvalue weighted by Crippen LogP contribution is -2.13. The molecule has 1 N–H and O–H groups in total. The van der Waals surface area contributed by atoms with Crippen LogP contribution >= 0.6 is 0 Å². The maximum atomic E-state index is 5.19. The number of ether oxygens (including phenoxy) is 1. The summed E-state index contributed by atoms with van der Waals surface area (Å²) in [5.74, 6) is 1.63. The van der Waals surface area contributed by atoms with E-state index in [0.29, 0.717) is 0 Å². The van der Waals surface area contributed by atoms with Crippen LogP contribution in [0.4, 0.5) is 11.4 Å². The average Bonchev–Trinajstić information content (AvgIpc) is 2.63. The number of para-hydroxylation sites is 1. The molecule has 3 aromatic carbocycles. The van der Waals surface area contributed by atoms with Crippen LogP contribution < -0.4 is 10.1 Å². The van der Waals surface area contributed by atoms with Crippen molar-refractivity contribution in [2.45, 2.75) is 0 Å². The van der Waals surface area contributed by atoms with Gasteiger partial charge in [0.15, 0.2) is 0 Å². The van der Waals surface area contributed by atoms with Crippen LogP contribution in [-0.2, 0) is 0 Å². The highest BCUT2D eigenvalue weighted by Gasteiger charge is 2.04. The molecule has 3 aromatic rings. The van der Waals surface area contributed by atoms with Crippen molar-refractivity contribution in [1.29, 1.82) is 0 Å². The lowest BCUT2D eigenvalue weighted by atomic mass is 10.2. The van der Waals surface area contributed by atoms with Gasteiger partial charge in [0.1, 0.15) is 11.6 Å². The van der Waals surface area contributed by atoms with Crippen molar-refractivity contribution in [2.75, 3.05) is 12.4 Å². The largest absolute Gasteiger partial charge is 0.497 e. The molecule has 3 nitrogen and oxygen atoms in total. The summed E-state index contributed by atoms with van der Waals surface area (Å²) in [5.41, 5.74) is 2.91. The number of amidine groups is 1. The molecule has 114 valence electrons. The molecule has 0 fully saturated rings. The van der Waals surface area contributed by atoms with E-state index in [4.69, 9.17) is 9.73 Å². The van der Waals surface area contributed by atoms with Gasteiger partial charge in [0.25, 0.3) is 0 Å². The van der Waals surface area contributed by atoms with Crippen LogP contribution in [0.3, 0.4) is 0 Å². The molecule has 0 saturated heterocycles. The molecule has 0 heterocycles. The summed E-state index contributed by atoms with van der Waals surface area (Å²) in [5, 5.41) is 3.39. The number of nitrogens with zero attached hydrogens (tertiary/aromatic N) is 1. The maximum Gasteiger partial charge on any atom is 0.138 e. The minimum absolute atomic E-state index is 0.807. The molecule has 3 heteroatoms. The van der Waals surface area contributed by atoms with Crippen LogP contribution in [0.25, 0.3) is 0 Å². The zero-order valence-electron chi connectivity index (χ0n) is 12.9. The van der Waals surface area contributed by atoms with Gasteiger partial charge in [-0.15, -0.1) is 0 Å². The van der Waals surface area contributed by atoms with Crippen LogP contribution in [0.15, 0.2) is 89.9 Å². The van der Waals surface area contributed by atoms with Gasteiger partial charge in [-0.05, 0) is 36.4 Å². The fourth-order valence-corrected chi connectivity index (χ4v) is 2.20. The van der Waals surface area contributed by atoms with E-state index in [1.165, 1.54) is 0 Å². The lowest BCUT2D eigenvalue weighted by Gasteiger charge is -2.10. The van der Waals surface area contributed by atoms with Gasteiger partial charge in [0, 0.05) is 11.3 Å². The SMILES string of the molecule is COc1ccc(N=C(Nc2ccccc2)c2ccccc2)cc1. The molecule has 0 aliphatic heterocycles. The number of hydrogen-bond acceptors (Lipinski definition) is 2. The summed E-state index contributed by atoms with van der Waals surface area (Å²) in [6, 6.07) is 27.8. The van der Waals surface area contributed by atoms with Gasteiger partial charge in [0.05, 0.1) is 12.8 Å². The monoisotopic (exact) mass is 302 g/mol. The van der Waals surface area contributed by atoms with Crippen LogP contribution in [0.1, 0.15) is 5.56 Å². The van der Waals surface area contributed by atoms with Crippen molar-refractivity contribution in [3.8, 4) is 5.75 Å². The van der Waals surface area contributed by atoms with Crippen molar-refractivity contribution >= 4 is 17.2 Å². The molecule has 0 spiro atoms. The Kier molecular flexibility index (Phi) is 4.69. The number of benzene rings is 3. The normalized spacial score (nSPS) is 11.1. The molecule has 23 heavy (non-hydrogen) atoms. The van der Waals surface area contributed by atoms with Gasteiger partial charge >= 0.3 is 0 Å². The molecule has 0 atom stereocenters. The third-order valence-corrected chi connectivity index (χ3v) is 3.40. The Morgan fingerprint density at radius 2 is 1.39 bits per heavy atom. The Labute approximate surface area is 136 Å². The van der Waals surface area contributed by atoms with E-state index >= 15 is 0 Å². The van der Waals surface area contributed by atoms with E-state index in [2.05, 4.69) is 5.32 Å². The van der Waals surface area contributed by atoms with E-state index in [9.17, 15) is 0 Å². The maximum absolute atomic E-state index is 5.19. The molecular formula is C20H18N2O. The van der Waals surface area contributed by atoms with Crippen molar-refractivity contribution in [3.05, 3.63) is 90.5 Å². The zero-order valence-corrected chi connectivity index (χ0v) is 12.9. The quantitative estimate of drug-likeness (QED) is 0.550. The molecule has 0 aliphatic carbocycles. The zero-order chi connectivity index (χ0) is 15.9. The predicted molar refractivity (Wildman–Crippen MR) is 95.7 cm³/mol. The number of anilines is 1. The van der Waals surface area contributed by atoms with Crippen LogP contribution in [0.2, 0.25) is 0 Å². The first-order chi connectivity index (χ1) is 11.3. The van der Waals surface area contributed by atoms with Gasteiger partial charge in [-0.25, -0.2) is 4.99 Å². The van der Waals surface area contributed by atoms with Crippen molar-refractivity contribution in [1.82, 2.24) is 0 Å². The topological polar surface area (TPSA) is 33.6 Å². The minimum Gasteiger partial charge on any atom is -0.497 e. The summed E-state index contributed by atoms with van der Waals surface area (Å²) >= 11 is 0. The standard InChI is InChI=1S/C20H18N2O/c1-23-19-14-12-18(13-15-19)22-20(16-8-4-2-5-9-16)21-17-10-6-3-7-11-17/h2-15H,1H3,(H,21,22). The van der Waals surface area contributed by atoms with E-state index < -0.39 is 0 Å². The number of rotatable bonds is 4. The molecule has 0 amide bonds. The highest BCUT2D eigenvalue weighted by Crippen LogP contribution is 2.20. The summed E-state index contributed by atoms with van der Waals surface area (Å²) in [7, 11) is 1.66. The first-order valence-corrected chi connectivity index (χ1v) is 7.45. The minimum atomic E-state index is 0.807. The van der Waals surface area contributed by atoms with Gasteiger partial charge < -0.3 is 10.1 Å². The number of nitrogens with one attached hydrogen (secondary N) is 1. The predicted octanol–water partition coefficient (Wildman–Crippen LogP) is 4.89. The van der Waals surface area contributed by atoms with Crippen LogP contribution in [0, 0.1) is 0 Å². The van der Waals surface area contributed by atoms with E-state index in [0.717, 1.165) is 28.5 Å². The third kappa shape index (κ3) is 3.98. The smallest absolute Gasteiger partial charge is 0.138 e. The number of hydrogen-bond donors (Lipinski definition) is 1. The molecule has 0 aliphatic rings. The molecule has 0 aromatic heterocycles. The molecular weight excluding hydrogens is 284 g/mol. The van der Waals surface area contributed by atoms with Crippen molar-refractivity contribution < 1.29 is 4.74 Å². The third-order valence-electron chi connectivity index (χ3n) is 3.40. The van der Waals surface area contributed by atoms with Crippen molar-refractivity contribution in [3.63, 3.8) is 0 Å². The van der Waals surface area contributed by atoms with Gasteiger partial charge in [-0.2, -0.15) is 0 Å². The fraction of sp³-hybridized carbons (Fsp3) is 0.0500. The lowest BCUT2D eigenvalue weighted by molar-refractivity contribution is 0.415. The van der Waals surface area contributed by atoms with Crippen LogP contribution in [0.5, 0.6) is 5.75 Å². The number of methoxy groups -OCH3 is 1. The van der Waals surface area contributed by atoms with Crippen molar-refractivity contribution in [2.24, 2.45) is 4.99 Å². The second-order valence-electron chi connectivity index (χ2n) is 5.02. The molecule has 3 rings (SSSR count). The van der Waals surface area contributed by atoms with Crippen LogP contribution in [-0.4, -0.2) is 12.9 Å². The summed E-state index contributed by atoms with van der Waals surface area (Å²) < 4.78 is 5.19. The average molecular weight is 302 g/mol. The van der Waals surface area contributed by atoms with E-state index in [1.54, 1.807) is 7.11 Å². The molecule has 0 bridgehead atoms. The fourth-order valence-electron chi connectivity index (χ4n) is 2.20. The Morgan fingerprint density at radius 1 is 0.783 bits per heavy atom. The number of aliphatic imine (C=N–C) groups is 1. The first-order valence-electron chi connectivity index (χ1n) is 7.45. The summed E-state index contributed by atoms with van der Waals surface area (Å²) in [6.07, 6.45) is 0. The van der Waals surface area contributed by atoms with Gasteiger partial charge in [-0.3, -0.25) is 0 Å². The first kappa shape index (κ1) is 14.9. The second-order valence-corrected chi connectivity index (χ2v) is 5.02. The molecule has 0 saturated carbocycles. The van der Waals surface area contributed by atoms with Gasteiger partial charge in [0.2, 0.25) is 0 Å². The summed E-state index contributed by atoms with van der Waals surface area (Å²) in [6.45, 7) is 0.